The molecule has 6 nitrogen and oxygen atoms in total. The van der Waals surface area contributed by atoms with Crippen molar-refractivity contribution < 1.29 is 13.9 Å². The molecule has 0 saturated carbocycles. The van der Waals surface area contributed by atoms with Crippen molar-refractivity contribution in [3.05, 3.63) is 58.3 Å². The van der Waals surface area contributed by atoms with Gasteiger partial charge in [-0.25, -0.2) is 9.07 Å². The van der Waals surface area contributed by atoms with Crippen LogP contribution in [0.2, 0.25) is 0 Å². The number of nitrogens with zero attached hydrogens (tertiary/aromatic N) is 3. The highest BCUT2D eigenvalue weighted by Crippen LogP contribution is 2.15. The molecular formula is C15H16FN3O3. The van der Waals surface area contributed by atoms with Crippen LogP contribution in [0, 0.1) is 5.82 Å². The number of hydrogen-bond donors (Lipinski definition) is 0. The van der Waals surface area contributed by atoms with Gasteiger partial charge >= 0.3 is 0 Å². The number of aryl methyl sites for hydroxylation is 1. The van der Waals surface area contributed by atoms with Gasteiger partial charge in [-0.3, -0.25) is 9.59 Å². The lowest BCUT2D eigenvalue weighted by atomic mass is 10.3. The van der Waals surface area contributed by atoms with Crippen LogP contribution in [0.15, 0.2) is 41.2 Å². The SMILES string of the molecule is CN(CCOc1ccccc1F)C(=O)c1ccc(=O)n(C)n1. The van der Waals surface area contributed by atoms with Gasteiger partial charge in [0.15, 0.2) is 11.6 Å². The highest BCUT2D eigenvalue weighted by molar-refractivity contribution is 5.91. The van der Waals surface area contributed by atoms with E-state index >= 15 is 0 Å². The van der Waals surface area contributed by atoms with Crippen LogP contribution in [0.4, 0.5) is 4.39 Å². The van der Waals surface area contributed by atoms with Crippen LogP contribution >= 0.6 is 0 Å². The van der Waals surface area contributed by atoms with E-state index in [1.165, 1.54) is 36.2 Å². The van der Waals surface area contributed by atoms with Gasteiger partial charge in [-0.05, 0) is 18.2 Å². The number of carbonyl (C=O) groups is 1. The summed E-state index contributed by atoms with van der Waals surface area (Å²) in [6, 6.07) is 8.72. The van der Waals surface area contributed by atoms with Gasteiger partial charge < -0.3 is 9.64 Å². The summed E-state index contributed by atoms with van der Waals surface area (Å²) in [4.78, 5) is 24.8. The van der Waals surface area contributed by atoms with E-state index in [2.05, 4.69) is 5.10 Å². The zero-order valence-corrected chi connectivity index (χ0v) is 12.3. The molecule has 0 N–H and O–H groups in total. The first-order valence-electron chi connectivity index (χ1n) is 6.66. The summed E-state index contributed by atoms with van der Waals surface area (Å²) in [7, 11) is 3.06. The number of amides is 1. The summed E-state index contributed by atoms with van der Waals surface area (Å²) in [6.07, 6.45) is 0. The molecule has 0 unspecified atom stereocenters. The molecule has 2 rings (SSSR count). The van der Waals surface area contributed by atoms with E-state index in [-0.39, 0.29) is 36.1 Å². The molecule has 1 aromatic heterocycles. The van der Waals surface area contributed by atoms with Gasteiger partial charge in [-0.1, -0.05) is 12.1 Å². The van der Waals surface area contributed by atoms with Crippen LogP contribution in [0.3, 0.4) is 0 Å². The summed E-state index contributed by atoms with van der Waals surface area (Å²) in [6.45, 7) is 0.409. The van der Waals surface area contributed by atoms with Crippen molar-refractivity contribution in [1.82, 2.24) is 14.7 Å². The van der Waals surface area contributed by atoms with Crippen LogP contribution in [-0.4, -0.2) is 40.8 Å². The Bertz CT molecular complexity index is 730. The van der Waals surface area contributed by atoms with Gasteiger partial charge in [-0.15, -0.1) is 0 Å². The molecule has 0 aliphatic heterocycles. The number of benzene rings is 1. The molecule has 0 bridgehead atoms. The molecule has 7 heteroatoms. The van der Waals surface area contributed by atoms with E-state index in [4.69, 9.17) is 4.74 Å². The first-order chi connectivity index (χ1) is 10.5. The van der Waals surface area contributed by atoms with E-state index in [1.807, 2.05) is 0 Å². The van der Waals surface area contributed by atoms with E-state index in [0.717, 1.165) is 4.68 Å². The van der Waals surface area contributed by atoms with Crippen LogP contribution in [0.5, 0.6) is 5.75 Å². The Kier molecular flexibility index (Phi) is 4.88. The fourth-order valence-electron chi connectivity index (χ4n) is 1.77. The summed E-state index contributed by atoms with van der Waals surface area (Å²) in [5, 5.41) is 3.89. The standard InChI is InChI=1S/C15H16FN3O3/c1-18(9-10-22-13-6-4-3-5-11(13)16)15(21)12-7-8-14(20)19(2)17-12/h3-8H,9-10H2,1-2H3. The van der Waals surface area contributed by atoms with Gasteiger partial charge in [0.2, 0.25) is 0 Å². The van der Waals surface area contributed by atoms with E-state index in [0.29, 0.717) is 0 Å². The van der Waals surface area contributed by atoms with E-state index in [1.54, 1.807) is 19.2 Å². The van der Waals surface area contributed by atoms with Crippen LogP contribution in [0.25, 0.3) is 0 Å². The summed E-state index contributed by atoms with van der Waals surface area (Å²) in [5.41, 5.74) is -0.127. The maximum Gasteiger partial charge on any atom is 0.274 e. The van der Waals surface area contributed by atoms with E-state index < -0.39 is 5.82 Å². The molecule has 0 spiro atoms. The number of ether oxygens (including phenoxy) is 1. The number of rotatable bonds is 5. The molecule has 1 heterocycles. The highest BCUT2D eigenvalue weighted by atomic mass is 19.1. The van der Waals surface area contributed by atoms with Gasteiger partial charge in [-0.2, -0.15) is 5.10 Å². The van der Waals surface area contributed by atoms with Gasteiger partial charge in [0.05, 0.1) is 6.54 Å². The van der Waals surface area contributed by atoms with Crippen LogP contribution in [-0.2, 0) is 7.05 Å². The molecule has 0 aliphatic rings. The minimum Gasteiger partial charge on any atom is -0.489 e. The Morgan fingerprint density at radius 2 is 2.05 bits per heavy atom. The van der Waals surface area contributed by atoms with Crippen molar-refractivity contribution in [2.45, 2.75) is 0 Å². The maximum atomic E-state index is 13.4. The van der Waals surface area contributed by atoms with Crippen molar-refractivity contribution in [3.8, 4) is 5.75 Å². The second-order valence-electron chi connectivity index (χ2n) is 4.69. The van der Waals surface area contributed by atoms with Crippen LogP contribution in [0.1, 0.15) is 10.5 Å². The lowest BCUT2D eigenvalue weighted by Crippen LogP contribution is -2.33. The molecule has 22 heavy (non-hydrogen) atoms. The van der Waals surface area contributed by atoms with Crippen molar-refractivity contribution >= 4 is 5.91 Å². The van der Waals surface area contributed by atoms with Crippen molar-refractivity contribution in [2.75, 3.05) is 20.2 Å². The van der Waals surface area contributed by atoms with Crippen molar-refractivity contribution in [1.29, 1.82) is 0 Å². The Morgan fingerprint density at radius 1 is 1.32 bits per heavy atom. The second kappa shape index (κ2) is 6.84. The average Bonchev–Trinajstić information content (AvgIpc) is 2.51. The van der Waals surface area contributed by atoms with Gasteiger partial charge in [0, 0.05) is 20.2 Å². The topological polar surface area (TPSA) is 64.4 Å². The largest absolute Gasteiger partial charge is 0.489 e. The summed E-state index contributed by atoms with van der Waals surface area (Å²) < 4.78 is 19.8. The lowest BCUT2D eigenvalue weighted by Gasteiger charge is -2.17. The molecule has 1 amide bonds. The predicted molar refractivity (Wildman–Crippen MR) is 78.3 cm³/mol. The van der Waals surface area contributed by atoms with E-state index in [9.17, 15) is 14.0 Å². The Morgan fingerprint density at radius 3 is 2.73 bits per heavy atom. The molecule has 2 aromatic rings. The van der Waals surface area contributed by atoms with Crippen molar-refractivity contribution in [3.63, 3.8) is 0 Å². The number of hydrogen-bond acceptors (Lipinski definition) is 4. The molecule has 0 aliphatic carbocycles. The number of halogens is 1. The van der Waals surface area contributed by atoms with Crippen LogP contribution < -0.4 is 10.3 Å². The molecule has 0 atom stereocenters. The predicted octanol–water partition coefficient (Wildman–Crippen LogP) is 1.07. The first-order valence-corrected chi connectivity index (χ1v) is 6.66. The van der Waals surface area contributed by atoms with Gasteiger partial charge in [0.1, 0.15) is 12.3 Å². The quantitative estimate of drug-likeness (QED) is 0.829. The minimum atomic E-state index is -0.448. The third-order valence-corrected chi connectivity index (χ3v) is 3.05. The Balaban J connectivity index is 1.93. The smallest absolute Gasteiger partial charge is 0.274 e. The summed E-state index contributed by atoms with van der Waals surface area (Å²) >= 11 is 0. The fraction of sp³-hybridized carbons (Fsp3) is 0.267. The third kappa shape index (κ3) is 3.69. The molecule has 0 fully saturated rings. The fourth-order valence-corrected chi connectivity index (χ4v) is 1.77. The average molecular weight is 305 g/mol. The molecule has 0 saturated heterocycles. The Hall–Kier alpha value is -2.70. The zero-order valence-electron chi connectivity index (χ0n) is 12.3. The monoisotopic (exact) mass is 305 g/mol. The normalized spacial score (nSPS) is 10.3. The first kappa shape index (κ1) is 15.7. The molecule has 0 radical (unpaired) electrons. The number of carbonyl (C=O) groups excluding carboxylic acids is 1. The van der Waals surface area contributed by atoms with Crippen molar-refractivity contribution in [2.24, 2.45) is 7.05 Å². The lowest BCUT2D eigenvalue weighted by molar-refractivity contribution is 0.0764. The molecular weight excluding hydrogens is 289 g/mol. The number of para-hydroxylation sites is 1. The Labute approximate surface area is 126 Å². The zero-order chi connectivity index (χ0) is 16.1. The maximum absolute atomic E-state index is 13.4. The summed E-state index contributed by atoms with van der Waals surface area (Å²) in [5.74, 6) is -0.646. The highest BCUT2D eigenvalue weighted by Gasteiger charge is 2.14. The molecule has 116 valence electrons. The molecule has 1 aromatic carbocycles. The minimum absolute atomic E-state index is 0.142. The number of likely N-dealkylation sites (N-methyl/N-ethyl adjacent to an activating group) is 1. The van der Waals surface area contributed by atoms with Gasteiger partial charge in [0.25, 0.3) is 11.5 Å². The second-order valence-corrected chi connectivity index (χ2v) is 4.69. The number of aromatic nitrogens is 2. The third-order valence-electron chi connectivity index (χ3n) is 3.05.